The molecule has 0 bridgehead atoms. The quantitative estimate of drug-likeness (QED) is 0.199. The minimum atomic E-state index is -1.05. The summed E-state index contributed by atoms with van der Waals surface area (Å²) in [6, 6.07) is 15.1. The van der Waals surface area contributed by atoms with Crippen molar-refractivity contribution >= 4 is 45.0 Å². The number of aromatic nitrogens is 2. The van der Waals surface area contributed by atoms with Crippen LogP contribution in [0.2, 0.25) is 5.02 Å². The van der Waals surface area contributed by atoms with Crippen LogP contribution in [0.25, 0.3) is 16.9 Å². The van der Waals surface area contributed by atoms with Gasteiger partial charge in [-0.05, 0) is 72.1 Å². The summed E-state index contributed by atoms with van der Waals surface area (Å²) in [6.45, 7) is 3.42. The van der Waals surface area contributed by atoms with Crippen molar-refractivity contribution in [3.63, 3.8) is 0 Å². The fourth-order valence-electron chi connectivity index (χ4n) is 4.09. The van der Waals surface area contributed by atoms with Gasteiger partial charge in [0.05, 0.1) is 33.9 Å². The number of imidazole rings is 1. The lowest BCUT2D eigenvalue weighted by molar-refractivity contribution is -0.123. The molecule has 2 heterocycles. The van der Waals surface area contributed by atoms with E-state index in [0.29, 0.717) is 22.8 Å². The number of nitrogens with zero attached hydrogens (tertiary/aromatic N) is 2. The van der Waals surface area contributed by atoms with Gasteiger partial charge in [-0.2, -0.15) is 0 Å². The van der Waals surface area contributed by atoms with Gasteiger partial charge in [-0.3, -0.25) is 9.59 Å². The van der Waals surface area contributed by atoms with Gasteiger partial charge in [-0.25, -0.2) is 4.98 Å². The second-order valence-electron chi connectivity index (χ2n) is 9.63. The van der Waals surface area contributed by atoms with Gasteiger partial charge < -0.3 is 30.6 Å². The van der Waals surface area contributed by atoms with E-state index in [1.807, 2.05) is 67.0 Å². The van der Waals surface area contributed by atoms with Gasteiger partial charge in [-0.1, -0.05) is 35.9 Å². The number of hydrogen-bond acceptors (Lipinski definition) is 6. The number of amides is 2. The SMILES string of the molecule is CC(C)Oc1ccc(C(=O)NC(CNC(=O)C(N)CO)Cc2ccc(-c3cn4cccc(Br)c4n3)cc2)cc1Cl. The average Bonchev–Trinajstić information content (AvgIpc) is 3.38. The third kappa shape index (κ3) is 7.39. The molecular formula is C29H31BrClN5O4. The molecule has 2 unspecified atom stereocenters. The molecule has 0 spiro atoms. The second kappa shape index (κ2) is 13.3. The zero-order chi connectivity index (χ0) is 28.8. The Hall–Kier alpha value is -3.44. The highest BCUT2D eigenvalue weighted by Crippen LogP contribution is 2.27. The zero-order valence-corrected chi connectivity index (χ0v) is 24.4. The molecule has 210 valence electrons. The van der Waals surface area contributed by atoms with E-state index in [9.17, 15) is 14.7 Å². The van der Waals surface area contributed by atoms with Crippen molar-refractivity contribution < 1.29 is 19.4 Å². The van der Waals surface area contributed by atoms with Crippen LogP contribution in [0.4, 0.5) is 0 Å². The summed E-state index contributed by atoms with van der Waals surface area (Å²) in [6.07, 6.45) is 4.27. The summed E-state index contributed by atoms with van der Waals surface area (Å²) in [5.41, 5.74) is 9.54. The molecule has 9 nitrogen and oxygen atoms in total. The summed E-state index contributed by atoms with van der Waals surface area (Å²) >= 11 is 9.86. The molecule has 40 heavy (non-hydrogen) atoms. The van der Waals surface area contributed by atoms with Crippen molar-refractivity contribution in [1.82, 2.24) is 20.0 Å². The van der Waals surface area contributed by atoms with Crippen LogP contribution in [0.15, 0.2) is 71.5 Å². The third-order valence-electron chi connectivity index (χ3n) is 6.12. The van der Waals surface area contributed by atoms with Crippen molar-refractivity contribution in [2.75, 3.05) is 13.2 Å². The molecular weight excluding hydrogens is 598 g/mol. The lowest BCUT2D eigenvalue weighted by atomic mass is 10.0. The Morgan fingerprint density at radius 3 is 2.58 bits per heavy atom. The van der Waals surface area contributed by atoms with Crippen LogP contribution in [-0.2, 0) is 11.2 Å². The monoisotopic (exact) mass is 627 g/mol. The van der Waals surface area contributed by atoms with Crippen molar-refractivity contribution in [2.45, 2.75) is 38.5 Å². The highest BCUT2D eigenvalue weighted by Gasteiger charge is 2.19. The van der Waals surface area contributed by atoms with Gasteiger partial charge in [0.25, 0.3) is 5.91 Å². The third-order valence-corrected chi connectivity index (χ3v) is 7.03. The first-order chi connectivity index (χ1) is 19.1. The van der Waals surface area contributed by atoms with Gasteiger partial charge in [0.2, 0.25) is 5.91 Å². The number of aliphatic hydroxyl groups is 1. The minimum absolute atomic E-state index is 0.0589. The van der Waals surface area contributed by atoms with Crippen molar-refractivity contribution in [3.05, 3.63) is 87.6 Å². The second-order valence-corrected chi connectivity index (χ2v) is 10.9. The maximum Gasteiger partial charge on any atom is 0.251 e. The van der Waals surface area contributed by atoms with Crippen molar-refractivity contribution in [3.8, 4) is 17.0 Å². The van der Waals surface area contributed by atoms with E-state index >= 15 is 0 Å². The first-order valence-corrected chi connectivity index (χ1v) is 14.0. The first kappa shape index (κ1) is 29.5. The molecule has 4 aromatic rings. The van der Waals surface area contributed by atoms with E-state index < -0.39 is 24.6 Å². The van der Waals surface area contributed by atoms with Crippen molar-refractivity contribution in [2.24, 2.45) is 5.73 Å². The molecule has 5 N–H and O–H groups in total. The number of carbonyl (C=O) groups is 2. The fourth-order valence-corrected chi connectivity index (χ4v) is 4.76. The van der Waals surface area contributed by atoms with Crippen LogP contribution in [0, 0.1) is 0 Å². The normalized spacial score (nSPS) is 12.8. The predicted molar refractivity (Wildman–Crippen MR) is 159 cm³/mol. The highest BCUT2D eigenvalue weighted by molar-refractivity contribution is 9.10. The number of ether oxygens (including phenoxy) is 1. The maximum atomic E-state index is 13.1. The Morgan fingerprint density at radius 2 is 1.93 bits per heavy atom. The number of aliphatic hydroxyl groups excluding tert-OH is 1. The summed E-state index contributed by atoms with van der Waals surface area (Å²) < 4.78 is 8.51. The van der Waals surface area contributed by atoms with E-state index in [0.717, 1.165) is 26.9 Å². The van der Waals surface area contributed by atoms with Gasteiger partial charge in [0, 0.05) is 30.1 Å². The van der Waals surface area contributed by atoms with Crippen LogP contribution >= 0.6 is 27.5 Å². The minimum Gasteiger partial charge on any atom is -0.489 e. The molecule has 0 saturated heterocycles. The number of fused-ring (bicyclic) bond motifs is 1. The molecule has 0 aliphatic carbocycles. The number of halogens is 2. The number of hydrogen-bond donors (Lipinski definition) is 4. The van der Waals surface area contributed by atoms with Crippen LogP contribution in [0.5, 0.6) is 5.75 Å². The molecule has 0 saturated carbocycles. The number of nitrogens with two attached hydrogens (primary N) is 1. The number of nitrogens with one attached hydrogen (secondary N) is 2. The summed E-state index contributed by atoms with van der Waals surface area (Å²) in [5.74, 6) is -0.364. The van der Waals surface area contributed by atoms with E-state index in [4.69, 9.17) is 27.1 Å². The van der Waals surface area contributed by atoms with Crippen LogP contribution in [-0.4, -0.2) is 57.6 Å². The van der Waals surface area contributed by atoms with E-state index in [1.54, 1.807) is 18.2 Å². The largest absolute Gasteiger partial charge is 0.489 e. The topological polar surface area (TPSA) is 131 Å². The van der Waals surface area contributed by atoms with Gasteiger partial charge in [0.1, 0.15) is 11.8 Å². The van der Waals surface area contributed by atoms with Crippen LogP contribution in [0.3, 0.4) is 0 Å². The summed E-state index contributed by atoms with van der Waals surface area (Å²) in [4.78, 5) is 30.0. The van der Waals surface area contributed by atoms with Crippen LogP contribution < -0.4 is 21.1 Å². The average molecular weight is 629 g/mol. The zero-order valence-electron chi connectivity index (χ0n) is 22.1. The Labute approximate surface area is 245 Å². The smallest absolute Gasteiger partial charge is 0.251 e. The summed E-state index contributed by atoms with van der Waals surface area (Å²) in [5, 5.41) is 15.2. The molecule has 0 radical (unpaired) electrons. The Morgan fingerprint density at radius 1 is 1.18 bits per heavy atom. The number of rotatable bonds is 11. The van der Waals surface area contributed by atoms with E-state index in [1.165, 1.54) is 0 Å². The predicted octanol–water partition coefficient (Wildman–Crippen LogP) is 3.98. The summed E-state index contributed by atoms with van der Waals surface area (Å²) in [7, 11) is 0. The fraction of sp³-hybridized carbons (Fsp3) is 0.276. The lowest BCUT2D eigenvalue weighted by Crippen LogP contribution is -2.49. The van der Waals surface area contributed by atoms with Crippen LogP contribution in [0.1, 0.15) is 29.8 Å². The molecule has 0 aliphatic heterocycles. The van der Waals surface area contributed by atoms with Gasteiger partial charge in [0.15, 0.2) is 5.65 Å². The number of benzene rings is 2. The molecule has 2 amide bonds. The van der Waals surface area contributed by atoms with Gasteiger partial charge >= 0.3 is 0 Å². The molecule has 2 atom stereocenters. The Bertz CT molecular complexity index is 1490. The van der Waals surface area contributed by atoms with Gasteiger partial charge in [-0.15, -0.1) is 0 Å². The number of carbonyl (C=O) groups excluding carboxylic acids is 2. The standard InChI is InChI=1S/C29H31BrClN5O4/c1-17(2)40-26-10-9-20(13-23(26)31)28(38)34-21(14-33-29(39)24(32)16-37)12-18-5-7-19(8-6-18)25-15-36-11-3-4-22(30)27(36)35-25/h3-11,13,15,17,21,24,37H,12,14,16,32H2,1-2H3,(H,33,39)(H,34,38). The molecule has 0 fully saturated rings. The molecule has 11 heteroatoms. The molecule has 0 aliphatic rings. The van der Waals surface area contributed by atoms with Crippen molar-refractivity contribution in [1.29, 1.82) is 0 Å². The Kier molecular flexibility index (Phi) is 9.80. The Balaban J connectivity index is 1.50. The lowest BCUT2D eigenvalue weighted by Gasteiger charge is -2.21. The maximum absolute atomic E-state index is 13.1. The highest BCUT2D eigenvalue weighted by atomic mass is 79.9. The molecule has 4 rings (SSSR count). The van der Waals surface area contributed by atoms with E-state index in [2.05, 4.69) is 26.6 Å². The van der Waals surface area contributed by atoms with E-state index in [-0.39, 0.29) is 18.6 Å². The first-order valence-electron chi connectivity index (χ1n) is 12.8. The molecule has 2 aromatic carbocycles. The number of pyridine rings is 1. The molecule has 2 aromatic heterocycles.